The Bertz CT molecular complexity index is 727. The van der Waals surface area contributed by atoms with Gasteiger partial charge in [0.1, 0.15) is 12.4 Å². The van der Waals surface area contributed by atoms with Gasteiger partial charge in [-0.15, -0.1) is 0 Å². The molecule has 0 spiro atoms. The van der Waals surface area contributed by atoms with E-state index in [4.69, 9.17) is 38.0 Å². The number of halogens is 1. The molecule has 0 aliphatic heterocycles. The molecule has 0 aliphatic carbocycles. The Kier molecular flexibility index (Phi) is 7.16. The summed E-state index contributed by atoms with van der Waals surface area (Å²) in [6.07, 6.45) is 0. The van der Waals surface area contributed by atoms with Crippen LogP contribution < -0.4 is 24.8 Å². The van der Waals surface area contributed by atoms with Crippen molar-refractivity contribution in [2.45, 2.75) is 13.0 Å². The Hall–Kier alpha value is -2.18. The molecule has 0 aromatic heterocycles. The summed E-state index contributed by atoms with van der Waals surface area (Å²) in [5.41, 5.74) is 0.779. The topological polar surface area (TPSA) is 51.8 Å². The molecule has 2 aromatic rings. The molecule has 2 N–H and O–H groups in total. The minimum Gasteiger partial charge on any atom is -0.495 e. The number of para-hydroxylation sites is 2. The van der Waals surface area contributed by atoms with E-state index in [1.807, 2.05) is 37.3 Å². The van der Waals surface area contributed by atoms with Crippen molar-refractivity contribution in [3.05, 3.63) is 47.5 Å². The second kappa shape index (κ2) is 9.34. The van der Waals surface area contributed by atoms with Crippen LogP contribution in [0.1, 0.15) is 6.92 Å². The molecule has 0 saturated carbocycles. The van der Waals surface area contributed by atoms with Gasteiger partial charge in [0.25, 0.3) is 0 Å². The quantitative estimate of drug-likeness (QED) is 0.705. The van der Waals surface area contributed by atoms with Gasteiger partial charge in [-0.3, -0.25) is 0 Å². The van der Waals surface area contributed by atoms with Gasteiger partial charge in [-0.25, -0.2) is 0 Å². The number of thiocarbonyl (C=S) groups is 1. The first-order valence-electron chi connectivity index (χ1n) is 7.70. The number of hydrogen-bond donors (Lipinski definition) is 2. The third-order valence-electron chi connectivity index (χ3n) is 3.35. The summed E-state index contributed by atoms with van der Waals surface area (Å²) in [5, 5.41) is 7.25. The van der Waals surface area contributed by atoms with E-state index in [1.165, 1.54) is 0 Å². The number of anilines is 1. The van der Waals surface area contributed by atoms with Crippen LogP contribution >= 0.6 is 23.8 Å². The molecule has 134 valence electrons. The van der Waals surface area contributed by atoms with Gasteiger partial charge >= 0.3 is 0 Å². The highest BCUT2D eigenvalue weighted by Gasteiger charge is 2.09. The Morgan fingerprint density at radius 2 is 1.76 bits per heavy atom. The van der Waals surface area contributed by atoms with Crippen molar-refractivity contribution in [2.75, 3.05) is 26.1 Å². The highest BCUT2D eigenvalue weighted by molar-refractivity contribution is 7.80. The molecule has 0 aliphatic rings. The van der Waals surface area contributed by atoms with Gasteiger partial charge in [0.05, 0.1) is 25.3 Å². The monoisotopic (exact) mass is 380 g/mol. The molecule has 0 saturated heterocycles. The summed E-state index contributed by atoms with van der Waals surface area (Å²) in [4.78, 5) is 0. The number of rotatable bonds is 7. The van der Waals surface area contributed by atoms with Crippen molar-refractivity contribution in [1.82, 2.24) is 5.32 Å². The number of hydrogen-bond acceptors (Lipinski definition) is 4. The Balaban J connectivity index is 1.84. The van der Waals surface area contributed by atoms with Crippen molar-refractivity contribution in [3.63, 3.8) is 0 Å². The molecular formula is C18H21ClN2O3S. The van der Waals surface area contributed by atoms with E-state index in [2.05, 4.69) is 10.6 Å². The molecule has 0 bridgehead atoms. The van der Waals surface area contributed by atoms with Crippen molar-refractivity contribution >= 4 is 34.6 Å². The molecule has 0 amide bonds. The molecule has 1 atom stereocenters. The summed E-state index contributed by atoms with van der Waals surface area (Å²) in [5.74, 6) is 2.01. The fourth-order valence-electron chi connectivity index (χ4n) is 2.13. The SMILES string of the molecule is COc1ccc(NC(=S)N[C@H](C)COc2ccccc2OC)cc1Cl. The van der Waals surface area contributed by atoms with Crippen LogP contribution in [0.3, 0.4) is 0 Å². The molecule has 5 nitrogen and oxygen atoms in total. The smallest absolute Gasteiger partial charge is 0.171 e. The third-order valence-corrected chi connectivity index (χ3v) is 3.86. The molecule has 0 heterocycles. The standard InChI is InChI=1S/C18H21ClN2O3S/c1-12(11-24-17-7-5-4-6-16(17)23-3)20-18(25)21-13-8-9-15(22-2)14(19)10-13/h4-10,12H,11H2,1-3H3,(H2,20,21,25)/t12-/m1/s1. The van der Waals surface area contributed by atoms with Gasteiger partial charge in [-0.1, -0.05) is 23.7 Å². The lowest BCUT2D eigenvalue weighted by atomic mass is 10.3. The predicted octanol–water partition coefficient (Wildman–Crippen LogP) is 4.11. The minimum absolute atomic E-state index is 0.00127. The first-order chi connectivity index (χ1) is 12.0. The maximum Gasteiger partial charge on any atom is 0.171 e. The first kappa shape index (κ1) is 19.1. The van der Waals surface area contributed by atoms with Crippen LogP contribution in [0, 0.1) is 0 Å². The fourth-order valence-corrected chi connectivity index (χ4v) is 2.71. The average Bonchev–Trinajstić information content (AvgIpc) is 2.60. The number of ether oxygens (including phenoxy) is 3. The summed E-state index contributed by atoms with van der Waals surface area (Å²) >= 11 is 11.4. The summed E-state index contributed by atoms with van der Waals surface area (Å²) in [7, 11) is 3.19. The lowest BCUT2D eigenvalue weighted by Gasteiger charge is -2.18. The van der Waals surface area contributed by atoms with E-state index >= 15 is 0 Å². The van der Waals surface area contributed by atoms with E-state index in [9.17, 15) is 0 Å². The largest absolute Gasteiger partial charge is 0.495 e. The molecular weight excluding hydrogens is 360 g/mol. The van der Waals surface area contributed by atoms with Gasteiger partial charge in [-0.2, -0.15) is 0 Å². The van der Waals surface area contributed by atoms with Crippen molar-refractivity contribution in [1.29, 1.82) is 0 Å². The van der Waals surface area contributed by atoms with Gasteiger partial charge in [0.15, 0.2) is 16.6 Å². The zero-order valence-corrected chi connectivity index (χ0v) is 15.9. The zero-order chi connectivity index (χ0) is 18.2. The maximum absolute atomic E-state index is 6.10. The van der Waals surface area contributed by atoms with Gasteiger partial charge in [0, 0.05) is 5.69 Å². The molecule has 0 fully saturated rings. The van der Waals surface area contributed by atoms with E-state index < -0.39 is 0 Å². The second-order valence-corrected chi connectivity index (χ2v) is 6.13. The molecule has 2 aromatic carbocycles. The third kappa shape index (κ3) is 5.69. The molecule has 0 unspecified atom stereocenters. The summed E-state index contributed by atoms with van der Waals surface area (Å²) in [6.45, 7) is 2.41. The van der Waals surface area contributed by atoms with Crippen LogP contribution in [0.5, 0.6) is 17.2 Å². The number of benzene rings is 2. The normalized spacial score (nSPS) is 11.4. The van der Waals surface area contributed by atoms with E-state index in [-0.39, 0.29) is 6.04 Å². The van der Waals surface area contributed by atoms with Crippen LogP contribution in [0.2, 0.25) is 5.02 Å². The average molecular weight is 381 g/mol. The van der Waals surface area contributed by atoms with E-state index in [0.29, 0.717) is 34.0 Å². The number of nitrogens with one attached hydrogen (secondary N) is 2. The Labute approximate surface area is 158 Å². The predicted molar refractivity (Wildman–Crippen MR) is 105 cm³/mol. The minimum atomic E-state index is -0.00127. The molecule has 0 radical (unpaired) electrons. The summed E-state index contributed by atoms with van der Waals surface area (Å²) in [6, 6.07) is 12.9. The Morgan fingerprint density at radius 1 is 1.08 bits per heavy atom. The van der Waals surface area contributed by atoms with Crippen LogP contribution in [0.15, 0.2) is 42.5 Å². The lowest BCUT2D eigenvalue weighted by Crippen LogP contribution is -2.39. The molecule has 7 heteroatoms. The van der Waals surface area contributed by atoms with Crippen molar-refractivity contribution in [3.8, 4) is 17.2 Å². The van der Waals surface area contributed by atoms with E-state index in [0.717, 1.165) is 5.69 Å². The second-order valence-electron chi connectivity index (χ2n) is 5.31. The molecule has 2 rings (SSSR count). The van der Waals surface area contributed by atoms with Crippen LogP contribution in [-0.2, 0) is 0 Å². The molecule has 25 heavy (non-hydrogen) atoms. The lowest BCUT2D eigenvalue weighted by molar-refractivity contribution is 0.270. The fraction of sp³-hybridized carbons (Fsp3) is 0.278. The summed E-state index contributed by atoms with van der Waals surface area (Å²) < 4.78 is 16.2. The zero-order valence-electron chi connectivity index (χ0n) is 14.3. The van der Waals surface area contributed by atoms with Gasteiger partial charge in [-0.05, 0) is 49.5 Å². The highest BCUT2D eigenvalue weighted by atomic mass is 35.5. The van der Waals surface area contributed by atoms with Gasteiger partial charge in [0.2, 0.25) is 0 Å². The van der Waals surface area contributed by atoms with Crippen LogP contribution in [0.4, 0.5) is 5.69 Å². The van der Waals surface area contributed by atoms with Crippen LogP contribution in [-0.4, -0.2) is 32.0 Å². The number of methoxy groups -OCH3 is 2. The van der Waals surface area contributed by atoms with Gasteiger partial charge < -0.3 is 24.8 Å². The highest BCUT2D eigenvalue weighted by Crippen LogP contribution is 2.27. The van der Waals surface area contributed by atoms with Crippen LogP contribution in [0.25, 0.3) is 0 Å². The first-order valence-corrected chi connectivity index (χ1v) is 8.49. The Morgan fingerprint density at radius 3 is 2.40 bits per heavy atom. The maximum atomic E-state index is 6.10. The van der Waals surface area contributed by atoms with Crippen molar-refractivity contribution in [2.24, 2.45) is 0 Å². The van der Waals surface area contributed by atoms with Crippen molar-refractivity contribution < 1.29 is 14.2 Å². The van der Waals surface area contributed by atoms with E-state index in [1.54, 1.807) is 26.4 Å².